The summed E-state index contributed by atoms with van der Waals surface area (Å²) in [6, 6.07) is 9.08. The zero-order valence-corrected chi connectivity index (χ0v) is 10.1. The lowest BCUT2D eigenvalue weighted by Gasteiger charge is -2.08. The number of aliphatic hydroxyl groups excluding tert-OH is 1. The lowest BCUT2D eigenvalue weighted by molar-refractivity contribution is 0.201. The molecule has 1 aromatic heterocycles. The smallest absolute Gasteiger partial charge is 0.183 e. The van der Waals surface area contributed by atoms with E-state index in [9.17, 15) is 0 Å². The molecule has 0 fully saturated rings. The summed E-state index contributed by atoms with van der Waals surface area (Å²) in [6.07, 6.45) is 2.98. The summed E-state index contributed by atoms with van der Waals surface area (Å²) in [5.41, 5.74) is 1.01. The highest BCUT2D eigenvalue weighted by molar-refractivity contribution is 5.61. The Bertz CT molecular complexity index is 578. The number of hydrogen-bond acceptors (Lipinski definition) is 6. The molecular formula is C13H12N4O2. The Morgan fingerprint density at radius 2 is 1.95 bits per heavy atom. The van der Waals surface area contributed by atoms with Crippen molar-refractivity contribution in [3.8, 4) is 11.8 Å². The van der Waals surface area contributed by atoms with Gasteiger partial charge in [-0.25, -0.2) is 9.97 Å². The SMILES string of the molecule is N#Cc1nccnc1Nc1ccc(OCCO)cc1. The molecule has 0 aliphatic carbocycles. The number of aromatic nitrogens is 2. The van der Waals surface area contributed by atoms with Crippen LogP contribution in [0.5, 0.6) is 5.75 Å². The summed E-state index contributed by atoms with van der Waals surface area (Å²) in [7, 11) is 0. The fraction of sp³-hybridized carbons (Fsp3) is 0.154. The van der Waals surface area contributed by atoms with Crippen molar-refractivity contribution in [2.24, 2.45) is 0 Å². The number of nitrogens with one attached hydrogen (secondary N) is 1. The van der Waals surface area contributed by atoms with Gasteiger partial charge in [0.05, 0.1) is 6.61 Å². The van der Waals surface area contributed by atoms with Gasteiger partial charge in [0.15, 0.2) is 11.5 Å². The van der Waals surface area contributed by atoms with Gasteiger partial charge in [0, 0.05) is 18.1 Å². The number of rotatable bonds is 5. The van der Waals surface area contributed by atoms with E-state index in [-0.39, 0.29) is 18.9 Å². The average Bonchev–Trinajstić information content (AvgIpc) is 2.47. The maximum absolute atomic E-state index is 8.90. The molecule has 6 nitrogen and oxygen atoms in total. The topological polar surface area (TPSA) is 91.1 Å². The van der Waals surface area contributed by atoms with Crippen molar-refractivity contribution in [2.45, 2.75) is 0 Å². The van der Waals surface area contributed by atoms with Crippen molar-refractivity contribution in [3.05, 3.63) is 42.4 Å². The molecule has 0 saturated heterocycles. The van der Waals surface area contributed by atoms with E-state index in [2.05, 4.69) is 15.3 Å². The molecule has 0 atom stereocenters. The van der Waals surface area contributed by atoms with Gasteiger partial charge in [-0.1, -0.05) is 0 Å². The van der Waals surface area contributed by atoms with Gasteiger partial charge < -0.3 is 15.2 Å². The Hall–Kier alpha value is -2.65. The Kier molecular flexibility index (Phi) is 4.26. The predicted molar refractivity (Wildman–Crippen MR) is 69.1 cm³/mol. The van der Waals surface area contributed by atoms with E-state index >= 15 is 0 Å². The van der Waals surface area contributed by atoms with E-state index in [0.29, 0.717) is 11.6 Å². The Balaban J connectivity index is 2.09. The van der Waals surface area contributed by atoms with Crippen LogP contribution in [0.25, 0.3) is 0 Å². The van der Waals surface area contributed by atoms with E-state index in [0.717, 1.165) is 5.69 Å². The molecule has 19 heavy (non-hydrogen) atoms. The van der Waals surface area contributed by atoms with Crippen LogP contribution in [-0.4, -0.2) is 28.3 Å². The van der Waals surface area contributed by atoms with Crippen molar-refractivity contribution in [1.82, 2.24) is 9.97 Å². The molecule has 2 rings (SSSR count). The third-order valence-electron chi connectivity index (χ3n) is 2.28. The van der Waals surface area contributed by atoms with Gasteiger partial charge in [0.2, 0.25) is 0 Å². The minimum atomic E-state index is -0.0227. The molecule has 2 aromatic rings. The minimum absolute atomic E-state index is 0.0227. The summed E-state index contributed by atoms with van der Waals surface area (Å²) >= 11 is 0. The molecule has 0 aliphatic heterocycles. The second-order valence-corrected chi connectivity index (χ2v) is 3.59. The molecule has 0 bridgehead atoms. The van der Waals surface area contributed by atoms with Crippen LogP contribution in [-0.2, 0) is 0 Å². The molecule has 6 heteroatoms. The van der Waals surface area contributed by atoms with Crippen LogP contribution in [0.15, 0.2) is 36.7 Å². The standard InChI is InChI=1S/C13H12N4O2/c14-9-12-13(16-6-5-15-12)17-10-1-3-11(4-2-10)19-8-7-18/h1-6,18H,7-8H2,(H,16,17). The lowest BCUT2D eigenvalue weighted by Crippen LogP contribution is -2.02. The van der Waals surface area contributed by atoms with Gasteiger partial charge in [0.1, 0.15) is 18.4 Å². The molecule has 0 aliphatic rings. The van der Waals surface area contributed by atoms with E-state index in [1.54, 1.807) is 24.3 Å². The third-order valence-corrected chi connectivity index (χ3v) is 2.28. The largest absolute Gasteiger partial charge is 0.491 e. The average molecular weight is 256 g/mol. The van der Waals surface area contributed by atoms with Gasteiger partial charge in [0.25, 0.3) is 0 Å². The van der Waals surface area contributed by atoms with Crippen LogP contribution in [0.3, 0.4) is 0 Å². The quantitative estimate of drug-likeness (QED) is 0.841. The Morgan fingerprint density at radius 1 is 1.21 bits per heavy atom. The second kappa shape index (κ2) is 6.33. The number of aliphatic hydroxyl groups is 1. The first-order valence-electron chi connectivity index (χ1n) is 5.65. The molecular weight excluding hydrogens is 244 g/mol. The fourth-order valence-electron chi connectivity index (χ4n) is 1.45. The predicted octanol–water partition coefficient (Wildman–Crippen LogP) is 1.46. The highest BCUT2D eigenvalue weighted by Gasteiger charge is 2.04. The van der Waals surface area contributed by atoms with E-state index in [4.69, 9.17) is 15.1 Å². The van der Waals surface area contributed by atoms with Gasteiger partial charge in [-0.05, 0) is 24.3 Å². The zero-order chi connectivity index (χ0) is 13.5. The first-order chi connectivity index (χ1) is 9.33. The molecule has 0 spiro atoms. The van der Waals surface area contributed by atoms with E-state index in [1.165, 1.54) is 12.4 Å². The van der Waals surface area contributed by atoms with Crippen molar-refractivity contribution in [3.63, 3.8) is 0 Å². The molecule has 0 amide bonds. The number of ether oxygens (including phenoxy) is 1. The minimum Gasteiger partial charge on any atom is -0.491 e. The van der Waals surface area contributed by atoms with Crippen LogP contribution < -0.4 is 10.1 Å². The first kappa shape index (κ1) is 12.8. The van der Waals surface area contributed by atoms with Gasteiger partial charge in [-0.3, -0.25) is 0 Å². The van der Waals surface area contributed by atoms with Crippen molar-refractivity contribution >= 4 is 11.5 Å². The van der Waals surface area contributed by atoms with Crippen molar-refractivity contribution in [1.29, 1.82) is 5.26 Å². The molecule has 0 radical (unpaired) electrons. The highest BCUT2D eigenvalue weighted by Crippen LogP contribution is 2.19. The lowest BCUT2D eigenvalue weighted by atomic mass is 10.3. The summed E-state index contributed by atoms with van der Waals surface area (Å²) in [5, 5.41) is 20.6. The van der Waals surface area contributed by atoms with Gasteiger partial charge in [-0.2, -0.15) is 5.26 Å². The Morgan fingerprint density at radius 3 is 2.63 bits per heavy atom. The van der Waals surface area contributed by atoms with Crippen LogP contribution in [0.2, 0.25) is 0 Å². The van der Waals surface area contributed by atoms with E-state index in [1.807, 2.05) is 6.07 Å². The Labute approximate surface area is 110 Å². The molecule has 96 valence electrons. The molecule has 1 aromatic carbocycles. The molecule has 2 N–H and O–H groups in total. The molecule has 0 unspecified atom stereocenters. The zero-order valence-electron chi connectivity index (χ0n) is 10.1. The number of hydrogen-bond donors (Lipinski definition) is 2. The number of benzene rings is 1. The second-order valence-electron chi connectivity index (χ2n) is 3.59. The first-order valence-corrected chi connectivity index (χ1v) is 5.65. The summed E-state index contributed by atoms with van der Waals surface area (Å²) in [6.45, 7) is 0.237. The highest BCUT2D eigenvalue weighted by atomic mass is 16.5. The van der Waals surface area contributed by atoms with Crippen molar-refractivity contribution in [2.75, 3.05) is 18.5 Å². The number of nitrogens with zero attached hydrogens (tertiary/aromatic N) is 3. The van der Waals surface area contributed by atoms with Crippen LogP contribution >= 0.6 is 0 Å². The normalized spacial score (nSPS) is 9.68. The summed E-state index contributed by atoms with van der Waals surface area (Å²) in [5.74, 6) is 1.08. The van der Waals surface area contributed by atoms with E-state index < -0.39 is 0 Å². The summed E-state index contributed by atoms with van der Waals surface area (Å²) < 4.78 is 5.25. The van der Waals surface area contributed by atoms with Crippen LogP contribution in [0.4, 0.5) is 11.5 Å². The van der Waals surface area contributed by atoms with Gasteiger partial charge in [-0.15, -0.1) is 0 Å². The maximum atomic E-state index is 8.90. The maximum Gasteiger partial charge on any atom is 0.183 e. The molecule has 1 heterocycles. The monoisotopic (exact) mass is 256 g/mol. The van der Waals surface area contributed by atoms with Crippen LogP contribution in [0, 0.1) is 11.3 Å². The third kappa shape index (κ3) is 3.40. The number of nitriles is 1. The summed E-state index contributed by atoms with van der Waals surface area (Å²) in [4.78, 5) is 7.97. The fourth-order valence-corrected chi connectivity index (χ4v) is 1.45. The van der Waals surface area contributed by atoms with Gasteiger partial charge >= 0.3 is 0 Å². The number of anilines is 2. The van der Waals surface area contributed by atoms with Crippen LogP contribution in [0.1, 0.15) is 5.69 Å². The molecule has 0 saturated carbocycles. The van der Waals surface area contributed by atoms with Crippen molar-refractivity contribution < 1.29 is 9.84 Å².